The van der Waals surface area contributed by atoms with Crippen molar-refractivity contribution in [3.8, 4) is 17.2 Å². The SMILES string of the molecule is CC=CN(C(=O)C(=CC)Oc1ccc(C2CC2)cc1)c1ccc(OC2CCN(C(=O)OC(C)(C)C)C2)c(OC)c1. The quantitative estimate of drug-likeness (QED) is 0.253. The van der Waals surface area contributed by atoms with Gasteiger partial charge in [-0.1, -0.05) is 18.2 Å². The van der Waals surface area contributed by atoms with Crippen LogP contribution >= 0.6 is 0 Å². The first kappa shape index (κ1) is 29.1. The van der Waals surface area contributed by atoms with Gasteiger partial charge in [0.15, 0.2) is 17.3 Å². The molecule has 1 heterocycles. The number of benzene rings is 2. The molecule has 2 fully saturated rings. The maximum atomic E-state index is 13.6. The third kappa shape index (κ3) is 7.37. The summed E-state index contributed by atoms with van der Waals surface area (Å²) < 4.78 is 23.3. The van der Waals surface area contributed by atoms with Crippen LogP contribution in [-0.2, 0) is 9.53 Å². The lowest BCUT2D eigenvalue weighted by Gasteiger charge is -2.24. The number of allylic oxidation sites excluding steroid dienone is 2. The van der Waals surface area contributed by atoms with E-state index in [1.807, 2.05) is 39.8 Å². The molecule has 1 aliphatic heterocycles. The zero-order valence-corrected chi connectivity index (χ0v) is 24.3. The lowest BCUT2D eigenvalue weighted by molar-refractivity contribution is -0.116. The van der Waals surface area contributed by atoms with E-state index in [1.54, 1.807) is 55.5 Å². The second kappa shape index (κ2) is 12.5. The molecule has 0 aromatic heterocycles. The summed E-state index contributed by atoms with van der Waals surface area (Å²) in [4.78, 5) is 29.2. The summed E-state index contributed by atoms with van der Waals surface area (Å²) in [5, 5.41) is 0. The van der Waals surface area contributed by atoms with Crippen molar-refractivity contribution in [3.05, 3.63) is 72.1 Å². The monoisotopic (exact) mass is 548 g/mol. The van der Waals surface area contributed by atoms with Crippen molar-refractivity contribution < 1.29 is 28.5 Å². The maximum absolute atomic E-state index is 13.6. The van der Waals surface area contributed by atoms with E-state index in [0.717, 1.165) is 0 Å². The Morgan fingerprint density at radius 2 is 1.73 bits per heavy atom. The van der Waals surface area contributed by atoms with Gasteiger partial charge in [-0.15, -0.1) is 0 Å². The Morgan fingerprint density at radius 1 is 1.00 bits per heavy atom. The molecule has 2 aromatic rings. The standard InChI is InChI=1S/C32H40N2O6/c1-7-18-34(30(35)27(8-2)38-25-14-11-23(12-15-25)22-9-10-22)24-13-16-28(29(20-24)37-6)39-26-17-19-33(21-26)31(36)40-32(3,4)5/h7-8,11-16,18,20,22,26H,9-10,17,19,21H2,1-6H3. The molecule has 0 radical (unpaired) electrons. The molecule has 1 aliphatic carbocycles. The van der Waals surface area contributed by atoms with Crippen LogP contribution in [0.5, 0.6) is 17.2 Å². The second-order valence-corrected chi connectivity index (χ2v) is 11.0. The largest absolute Gasteiger partial charge is 0.493 e. The van der Waals surface area contributed by atoms with Crippen molar-refractivity contribution in [1.29, 1.82) is 0 Å². The molecule has 1 saturated heterocycles. The highest BCUT2D eigenvalue weighted by Crippen LogP contribution is 2.40. The Labute approximate surface area is 237 Å². The molecule has 8 heteroatoms. The molecule has 2 aliphatic rings. The smallest absolute Gasteiger partial charge is 0.410 e. The lowest BCUT2D eigenvalue weighted by Crippen LogP contribution is -2.36. The van der Waals surface area contributed by atoms with Gasteiger partial charge < -0.3 is 23.8 Å². The minimum atomic E-state index is -0.552. The number of methoxy groups -OCH3 is 1. The summed E-state index contributed by atoms with van der Waals surface area (Å²) >= 11 is 0. The van der Waals surface area contributed by atoms with Gasteiger partial charge in [-0.25, -0.2) is 4.79 Å². The Kier molecular flexibility index (Phi) is 9.07. The number of carbonyl (C=O) groups is 2. The topological polar surface area (TPSA) is 77.5 Å². The predicted octanol–water partition coefficient (Wildman–Crippen LogP) is 6.81. The summed E-state index contributed by atoms with van der Waals surface area (Å²) in [5.74, 6) is 2.19. The van der Waals surface area contributed by atoms with Gasteiger partial charge >= 0.3 is 6.09 Å². The molecule has 40 heavy (non-hydrogen) atoms. The second-order valence-electron chi connectivity index (χ2n) is 11.0. The van der Waals surface area contributed by atoms with E-state index in [2.05, 4.69) is 12.1 Å². The van der Waals surface area contributed by atoms with Gasteiger partial charge in [0.1, 0.15) is 17.5 Å². The Balaban J connectivity index is 1.45. The number of amides is 2. The fourth-order valence-electron chi connectivity index (χ4n) is 4.52. The molecule has 8 nitrogen and oxygen atoms in total. The highest BCUT2D eigenvalue weighted by Gasteiger charge is 2.31. The summed E-state index contributed by atoms with van der Waals surface area (Å²) in [6.45, 7) is 10.1. The molecular formula is C32H40N2O6. The summed E-state index contributed by atoms with van der Waals surface area (Å²) in [7, 11) is 1.56. The molecule has 2 amide bonds. The van der Waals surface area contributed by atoms with E-state index < -0.39 is 5.60 Å². The number of ether oxygens (including phenoxy) is 4. The molecule has 2 aromatic carbocycles. The molecule has 0 spiro atoms. The average molecular weight is 549 g/mol. The highest BCUT2D eigenvalue weighted by molar-refractivity contribution is 6.06. The van der Waals surface area contributed by atoms with Gasteiger partial charge in [-0.05, 0) is 89.3 Å². The number of hydrogen-bond acceptors (Lipinski definition) is 6. The van der Waals surface area contributed by atoms with E-state index in [-0.39, 0.29) is 23.9 Å². The zero-order valence-electron chi connectivity index (χ0n) is 24.3. The molecule has 214 valence electrons. The van der Waals surface area contributed by atoms with Crippen LogP contribution in [0.25, 0.3) is 0 Å². The molecular weight excluding hydrogens is 508 g/mol. The minimum Gasteiger partial charge on any atom is -0.493 e. The van der Waals surface area contributed by atoms with Crippen LogP contribution in [0.2, 0.25) is 0 Å². The summed E-state index contributed by atoms with van der Waals surface area (Å²) in [6, 6.07) is 13.3. The molecule has 1 unspecified atom stereocenters. The van der Waals surface area contributed by atoms with Crippen LogP contribution < -0.4 is 19.1 Å². The van der Waals surface area contributed by atoms with Gasteiger partial charge in [0.25, 0.3) is 5.91 Å². The van der Waals surface area contributed by atoms with Crippen LogP contribution in [0, 0.1) is 0 Å². The normalized spacial score (nSPS) is 17.6. The first-order chi connectivity index (χ1) is 19.1. The van der Waals surface area contributed by atoms with Crippen molar-refractivity contribution in [2.24, 2.45) is 0 Å². The number of anilines is 1. The van der Waals surface area contributed by atoms with E-state index in [1.165, 1.54) is 23.3 Å². The van der Waals surface area contributed by atoms with Crippen molar-refractivity contribution in [2.75, 3.05) is 25.1 Å². The summed E-state index contributed by atoms with van der Waals surface area (Å²) in [6.07, 6.45) is 7.74. The Morgan fingerprint density at radius 3 is 2.33 bits per heavy atom. The first-order valence-corrected chi connectivity index (χ1v) is 13.8. The fourth-order valence-corrected chi connectivity index (χ4v) is 4.52. The molecule has 4 rings (SSSR count). The number of nitrogens with zero attached hydrogens (tertiary/aromatic N) is 2. The number of rotatable bonds is 9. The zero-order chi connectivity index (χ0) is 28.9. The van der Waals surface area contributed by atoms with Crippen LogP contribution in [-0.4, -0.2) is 48.8 Å². The third-order valence-electron chi connectivity index (χ3n) is 6.66. The van der Waals surface area contributed by atoms with Crippen LogP contribution in [0.15, 0.2) is 66.6 Å². The van der Waals surface area contributed by atoms with Gasteiger partial charge in [-0.3, -0.25) is 9.69 Å². The van der Waals surface area contributed by atoms with E-state index in [9.17, 15) is 9.59 Å². The van der Waals surface area contributed by atoms with Crippen LogP contribution in [0.4, 0.5) is 10.5 Å². The van der Waals surface area contributed by atoms with Gasteiger partial charge in [0.2, 0.25) is 0 Å². The van der Waals surface area contributed by atoms with Crippen molar-refractivity contribution in [1.82, 2.24) is 4.90 Å². The van der Waals surface area contributed by atoms with E-state index >= 15 is 0 Å². The number of hydrogen-bond donors (Lipinski definition) is 0. The molecule has 0 bridgehead atoms. The van der Waals surface area contributed by atoms with Gasteiger partial charge in [0, 0.05) is 25.2 Å². The number of likely N-dealkylation sites (tertiary alicyclic amines) is 1. The van der Waals surface area contributed by atoms with E-state index in [0.29, 0.717) is 48.4 Å². The first-order valence-electron chi connectivity index (χ1n) is 13.8. The van der Waals surface area contributed by atoms with Gasteiger partial charge in [0.05, 0.1) is 19.3 Å². The maximum Gasteiger partial charge on any atom is 0.410 e. The molecule has 0 N–H and O–H groups in total. The average Bonchev–Trinajstić information content (AvgIpc) is 3.67. The number of carbonyl (C=O) groups excluding carboxylic acids is 2. The molecule has 1 atom stereocenters. The van der Waals surface area contributed by atoms with Gasteiger partial charge in [-0.2, -0.15) is 0 Å². The fraction of sp³-hybridized carbons (Fsp3) is 0.438. The highest BCUT2D eigenvalue weighted by atomic mass is 16.6. The van der Waals surface area contributed by atoms with Crippen LogP contribution in [0.1, 0.15) is 65.4 Å². The minimum absolute atomic E-state index is 0.199. The van der Waals surface area contributed by atoms with Crippen molar-refractivity contribution >= 4 is 17.7 Å². The Bertz CT molecular complexity index is 1260. The third-order valence-corrected chi connectivity index (χ3v) is 6.66. The lowest BCUT2D eigenvalue weighted by atomic mass is 10.1. The van der Waals surface area contributed by atoms with Crippen LogP contribution in [0.3, 0.4) is 0 Å². The summed E-state index contributed by atoms with van der Waals surface area (Å²) in [5.41, 5.74) is 1.35. The van der Waals surface area contributed by atoms with Crippen molar-refractivity contribution in [2.45, 2.75) is 71.5 Å². The van der Waals surface area contributed by atoms with E-state index in [4.69, 9.17) is 18.9 Å². The Hall–Kier alpha value is -3.94. The predicted molar refractivity (Wildman–Crippen MR) is 155 cm³/mol. The molecule has 1 saturated carbocycles. The van der Waals surface area contributed by atoms with Crippen molar-refractivity contribution in [3.63, 3.8) is 0 Å².